The van der Waals surface area contributed by atoms with Gasteiger partial charge < -0.3 is 14.8 Å². The van der Waals surface area contributed by atoms with Gasteiger partial charge in [-0.25, -0.2) is 8.78 Å². The molecule has 0 aliphatic heterocycles. The second-order valence-corrected chi connectivity index (χ2v) is 4.60. The van der Waals surface area contributed by atoms with Crippen molar-refractivity contribution in [1.29, 1.82) is 0 Å². The number of halogens is 2. The Hall–Kier alpha value is -2.30. The van der Waals surface area contributed by atoms with Gasteiger partial charge in [0.15, 0.2) is 11.6 Å². The van der Waals surface area contributed by atoms with Crippen LogP contribution < -0.4 is 14.8 Å². The Morgan fingerprint density at radius 3 is 2.33 bits per heavy atom. The predicted molar refractivity (Wildman–Crippen MR) is 77.9 cm³/mol. The lowest BCUT2D eigenvalue weighted by Crippen LogP contribution is -2.08. The Morgan fingerprint density at radius 2 is 1.67 bits per heavy atom. The zero-order valence-electron chi connectivity index (χ0n) is 12.1. The Labute approximate surface area is 122 Å². The third-order valence-electron chi connectivity index (χ3n) is 3.21. The molecule has 2 aromatic carbocycles. The monoisotopic (exact) mass is 293 g/mol. The summed E-state index contributed by atoms with van der Waals surface area (Å²) in [6.07, 6.45) is 0. The van der Waals surface area contributed by atoms with Gasteiger partial charge in [-0.3, -0.25) is 0 Å². The summed E-state index contributed by atoms with van der Waals surface area (Å²) in [5.41, 5.74) is 1.51. The van der Waals surface area contributed by atoms with Crippen molar-refractivity contribution in [3.8, 4) is 11.5 Å². The molecule has 1 atom stereocenters. The second kappa shape index (κ2) is 6.43. The van der Waals surface area contributed by atoms with Gasteiger partial charge in [0.2, 0.25) is 0 Å². The lowest BCUT2D eigenvalue weighted by Gasteiger charge is -2.18. The molecule has 0 radical (unpaired) electrons. The van der Waals surface area contributed by atoms with Gasteiger partial charge in [0.05, 0.1) is 19.9 Å². The van der Waals surface area contributed by atoms with Crippen molar-refractivity contribution in [3.63, 3.8) is 0 Å². The Balaban J connectivity index is 2.23. The van der Waals surface area contributed by atoms with Gasteiger partial charge in [0.25, 0.3) is 0 Å². The summed E-state index contributed by atoms with van der Waals surface area (Å²) in [6, 6.07) is 8.79. The second-order valence-electron chi connectivity index (χ2n) is 4.60. The lowest BCUT2D eigenvalue weighted by molar-refractivity contribution is 0.385. The zero-order valence-corrected chi connectivity index (χ0v) is 12.1. The summed E-state index contributed by atoms with van der Waals surface area (Å²) in [5.74, 6) is -0.176. The van der Waals surface area contributed by atoms with Crippen molar-refractivity contribution in [1.82, 2.24) is 0 Å². The summed E-state index contributed by atoms with van der Waals surface area (Å²) < 4.78 is 36.7. The quantitative estimate of drug-likeness (QED) is 0.898. The van der Waals surface area contributed by atoms with Crippen LogP contribution in [0, 0.1) is 11.6 Å². The molecular weight excluding hydrogens is 276 g/mol. The third-order valence-corrected chi connectivity index (χ3v) is 3.21. The third kappa shape index (κ3) is 3.42. The van der Waals surface area contributed by atoms with Gasteiger partial charge in [-0.15, -0.1) is 0 Å². The van der Waals surface area contributed by atoms with Crippen LogP contribution in [0.25, 0.3) is 0 Å². The molecule has 0 saturated heterocycles. The molecule has 0 bridgehead atoms. The van der Waals surface area contributed by atoms with Crippen LogP contribution in [-0.4, -0.2) is 14.2 Å². The molecule has 0 aliphatic carbocycles. The van der Waals surface area contributed by atoms with Crippen molar-refractivity contribution in [2.75, 3.05) is 19.5 Å². The number of ether oxygens (including phenoxy) is 2. The molecule has 0 spiro atoms. The van der Waals surface area contributed by atoms with Crippen molar-refractivity contribution in [2.45, 2.75) is 13.0 Å². The van der Waals surface area contributed by atoms with Crippen molar-refractivity contribution in [2.24, 2.45) is 0 Å². The highest BCUT2D eigenvalue weighted by molar-refractivity contribution is 5.57. The molecule has 0 fully saturated rings. The molecule has 1 unspecified atom stereocenters. The molecule has 0 aliphatic rings. The molecule has 2 aromatic rings. The molecule has 112 valence electrons. The van der Waals surface area contributed by atoms with E-state index >= 15 is 0 Å². The van der Waals surface area contributed by atoms with Crippen LogP contribution in [0.15, 0.2) is 36.4 Å². The summed E-state index contributed by atoms with van der Waals surface area (Å²) in [7, 11) is 2.90. The average Bonchev–Trinajstić information content (AvgIpc) is 2.49. The van der Waals surface area contributed by atoms with Crippen LogP contribution in [0.1, 0.15) is 18.5 Å². The SMILES string of the molecule is COc1cc(C(C)Nc2ccc(F)cc2OC)ccc1F. The van der Waals surface area contributed by atoms with Crippen LogP contribution in [0.5, 0.6) is 11.5 Å². The first-order valence-electron chi connectivity index (χ1n) is 6.48. The number of benzene rings is 2. The van der Waals surface area contributed by atoms with E-state index in [1.54, 1.807) is 18.2 Å². The smallest absolute Gasteiger partial charge is 0.165 e. The van der Waals surface area contributed by atoms with E-state index in [-0.39, 0.29) is 17.6 Å². The maximum Gasteiger partial charge on any atom is 0.165 e. The van der Waals surface area contributed by atoms with E-state index in [1.165, 1.54) is 32.4 Å². The summed E-state index contributed by atoms with van der Waals surface area (Å²) >= 11 is 0. The number of rotatable bonds is 5. The molecule has 3 nitrogen and oxygen atoms in total. The fraction of sp³-hybridized carbons (Fsp3) is 0.250. The van der Waals surface area contributed by atoms with Gasteiger partial charge in [-0.05, 0) is 36.8 Å². The van der Waals surface area contributed by atoms with E-state index < -0.39 is 5.82 Å². The Kier molecular flexibility index (Phi) is 4.62. The van der Waals surface area contributed by atoms with Crippen LogP contribution in [0.4, 0.5) is 14.5 Å². The molecule has 0 heterocycles. The number of nitrogens with one attached hydrogen (secondary N) is 1. The van der Waals surface area contributed by atoms with Crippen molar-refractivity contribution >= 4 is 5.69 Å². The number of hydrogen-bond acceptors (Lipinski definition) is 3. The standard InChI is InChI=1S/C16H17F2NO2/c1-10(11-4-6-13(18)15(8-11)20-2)19-14-7-5-12(17)9-16(14)21-3/h4-10,19H,1-3H3. The molecule has 0 amide bonds. The molecular formula is C16H17F2NO2. The number of hydrogen-bond donors (Lipinski definition) is 1. The molecule has 0 saturated carbocycles. The van der Waals surface area contributed by atoms with Crippen LogP contribution in [0.2, 0.25) is 0 Å². The minimum Gasteiger partial charge on any atom is -0.494 e. The Bertz CT molecular complexity index is 632. The van der Waals surface area contributed by atoms with E-state index in [2.05, 4.69) is 5.32 Å². The normalized spacial score (nSPS) is 11.9. The van der Waals surface area contributed by atoms with E-state index in [0.29, 0.717) is 11.4 Å². The highest BCUT2D eigenvalue weighted by atomic mass is 19.1. The van der Waals surface area contributed by atoms with Gasteiger partial charge in [-0.1, -0.05) is 6.07 Å². The van der Waals surface area contributed by atoms with Crippen LogP contribution in [-0.2, 0) is 0 Å². The van der Waals surface area contributed by atoms with Gasteiger partial charge in [-0.2, -0.15) is 0 Å². The van der Waals surface area contributed by atoms with E-state index in [4.69, 9.17) is 9.47 Å². The van der Waals surface area contributed by atoms with Gasteiger partial charge in [0.1, 0.15) is 11.6 Å². The fourth-order valence-corrected chi connectivity index (χ4v) is 2.05. The van der Waals surface area contributed by atoms with E-state index in [0.717, 1.165) is 5.56 Å². The molecule has 1 N–H and O–H groups in total. The zero-order chi connectivity index (χ0) is 15.4. The molecule has 0 aromatic heterocycles. The molecule has 2 rings (SSSR count). The highest BCUT2D eigenvalue weighted by Crippen LogP contribution is 2.30. The summed E-state index contributed by atoms with van der Waals surface area (Å²) in [5, 5.41) is 3.21. The lowest BCUT2D eigenvalue weighted by atomic mass is 10.1. The van der Waals surface area contributed by atoms with E-state index in [9.17, 15) is 8.78 Å². The molecule has 5 heteroatoms. The Morgan fingerprint density at radius 1 is 0.952 bits per heavy atom. The highest BCUT2D eigenvalue weighted by Gasteiger charge is 2.12. The maximum absolute atomic E-state index is 13.4. The van der Waals surface area contributed by atoms with Gasteiger partial charge >= 0.3 is 0 Å². The van der Waals surface area contributed by atoms with Crippen molar-refractivity contribution in [3.05, 3.63) is 53.6 Å². The van der Waals surface area contributed by atoms with Crippen LogP contribution >= 0.6 is 0 Å². The maximum atomic E-state index is 13.4. The molecule has 21 heavy (non-hydrogen) atoms. The fourth-order valence-electron chi connectivity index (χ4n) is 2.05. The minimum absolute atomic E-state index is 0.126. The largest absolute Gasteiger partial charge is 0.494 e. The minimum atomic E-state index is -0.409. The topological polar surface area (TPSA) is 30.5 Å². The average molecular weight is 293 g/mol. The number of methoxy groups -OCH3 is 2. The van der Waals surface area contributed by atoms with Crippen LogP contribution in [0.3, 0.4) is 0 Å². The van der Waals surface area contributed by atoms with Crippen molar-refractivity contribution < 1.29 is 18.3 Å². The summed E-state index contributed by atoms with van der Waals surface area (Å²) in [4.78, 5) is 0. The first-order valence-corrected chi connectivity index (χ1v) is 6.48. The summed E-state index contributed by atoms with van der Waals surface area (Å²) in [6.45, 7) is 1.91. The van der Waals surface area contributed by atoms with Gasteiger partial charge in [0, 0.05) is 12.1 Å². The first-order chi connectivity index (χ1) is 10.0. The number of anilines is 1. The predicted octanol–water partition coefficient (Wildman–Crippen LogP) is 4.16. The first kappa shape index (κ1) is 15.1. The van der Waals surface area contributed by atoms with E-state index in [1.807, 2.05) is 6.92 Å².